The van der Waals surface area contributed by atoms with Gasteiger partial charge in [-0.2, -0.15) is 0 Å². The second-order valence-electron chi connectivity index (χ2n) is 6.18. The number of aromatic nitrogens is 2. The molecule has 0 bridgehead atoms. The van der Waals surface area contributed by atoms with Crippen molar-refractivity contribution in [3.8, 4) is 0 Å². The fraction of sp³-hybridized carbons (Fsp3) is 0.722. The molecule has 0 unspecified atom stereocenters. The van der Waals surface area contributed by atoms with Crippen LogP contribution in [0.15, 0.2) is 18.7 Å². The van der Waals surface area contributed by atoms with Crippen LogP contribution in [0, 0.1) is 0 Å². The molecule has 0 saturated heterocycles. The Bertz CT molecular complexity index is 470. The van der Waals surface area contributed by atoms with Gasteiger partial charge in [-0.15, -0.1) is 0 Å². The molecular formula is C18H33N3Na2O3. The molecule has 140 valence electrons. The number of likely N-dealkylation sites (N-methyl/N-ethyl adjacent to an activating group) is 1. The summed E-state index contributed by atoms with van der Waals surface area (Å²) in [4.78, 5) is 27.2. The third-order valence-corrected chi connectivity index (χ3v) is 3.95. The van der Waals surface area contributed by atoms with Gasteiger partial charge in [0.2, 0.25) is 0 Å². The standard InChI is InChI=1S/C18H31N3O3.2Na.2H/c1-3-4-5-6-7-8-9-10-11-12-17(22)24-18(23)15-20(2)21-14-13-19-16-21;;;;/h13-14,16H,3-12,15H2,1-2H3;;;;. The molecular weight excluding hydrogens is 352 g/mol. The van der Waals surface area contributed by atoms with E-state index < -0.39 is 11.9 Å². The van der Waals surface area contributed by atoms with Crippen molar-refractivity contribution in [3.05, 3.63) is 18.7 Å². The molecule has 8 heteroatoms. The van der Waals surface area contributed by atoms with E-state index in [9.17, 15) is 9.59 Å². The van der Waals surface area contributed by atoms with Gasteiger partial charge >= 0.3 is 71.1 Å². The minimum absolute atomic E-state index is 0. The molecule has 1 heterocycles. The first kappa shape index (κ1) is 28.4. The van der Waals surface area contributed by atoms with E-state index >= 15 is 0 Å². The van der Waals surface area contributed by atoms with Gasteiger partial charge in [-0.1, -0.05) is 58.3 Å². The van der Waals surface area contributed by atoms with Crippen molar-refractivity contribution < 1.29 is 14.3 Å². The molecule has 1 aromatic heterocycles. The van der Waals surface area contributed by atoms with Crippen LogP contribution in [0.3, 0.4) is 0 Å². The Morgan fingerprint density at radius 1 is 0.962 bits per heavy atom. The zero-order valence-corrected chi connectivity index (χ0v) is 15.1. The van der Waals surface area contributed by atoms with Gasteiger partial charge in [0.25, 0.3) is 0 Å². The maximum absolute atomic E-state index is 11.7. The van der Waals surface area contributed by atoms with Crippen LogP contribution in [0.1, 0.15) is 71.1 Å². The molecule has 1 aromatic rings. The molecule has 6 nitrogen and oxygen atoms in total. The van der Waals surface area contributed by atoms with Crippen molar-refractivity contribution in [2.75, 3.05) is 18.6 Å². The van der Waals surface area contributed by atoms with E-state index in [4.69, 9.17) is 4.74 Å². The van der Waals surface area contributed by atoms with Gasteiger partial charge in [0.05, 0.1) is 0 Å². The maximum atomic E-state index is 11.7. The molecule has 1 rings (SSSR count). The second-order valence-corrected chi connectivity index (χ2v) is 6.18. The van der Waals surface area contributed by atoms with E-state index in [0.717, 1.165) is 19.3 Å². The van der Waals surface area contributed by atoms with E-state index in [1.807, 2.05) is 0 Å². The summed E-state index contributed by atoms with van der Waals surface area (Å²) in [6, 6.07) is 0. The van der Waals surface area contributed by atoms with Crippen LogP contribution >= 0.6 is 0 Å². The number of hydrogen-bond donors (Lipinski definition) is 0. The van der Waals surface area contributed by atoms with Crippen LogP contribution in [0.2, 0.25) is 0 Å². The Morgan fingerprint density at radius 3 is 2.08 bits per heavy atom. The van der Waals surface area contributed by atoms with Crippen molar-refractivity contribution >= 4 is 71.1 Å². The Hall–Kier alpha value is 0.150. The summed E-state index contributed by atoms with van der Waals surface area (Å²) in [6.45, 7) is 2.24. The van der Waals surface area contributed by atoms with Crippen molar-refractivity contribution in [2.24, 2.45) is 0 Å². The van der Waals surface area contributed by atoms with E-state index in [2.05, 4.69) is 11.9 Å². The predicted molar refractivity (Wildman–Crippen MR) is 108 cm³/mol. The number of nitrogens with zero attached hydrogens (tertiary/aromatic N) is 3. The number of ether oxygens (including phenoxy) is 1. The van der Waals surface area contributed by atoms with Gasteiger partial charge in [-0.25, -0.2) is 9.78 Å². The Kier molecular flexibility index (Phi) is 20.2. The summed E-state index contributed by atoms with van der Waals surface area (Å²) < 4.78 is 6.50. The first-order valence-electron chi connectivity index (χ1n) is 9.06. The third kappa shape index (κ3) is 14.2. The van der Waals surface area contributed by atoms with E-state index in [0.29, 0.717) is 6.42 Å². The van der Waals surface area contributed by atoms with Gasteiger partial charge in [-0.3, -0.25) is 9.47 Å². The normalized spacial score (nSPS) is 9.77. The fourth-order valence-electron chi connectivity index (χ4n) is 2.51. The molecule has 0 amide bonds. The number of carbonyl (C=O) groups excluding carboxylic acids is 2. The van der Waals surface area contributed by atoms with Crippen LogP contribution in [-0.4, -0.2) is 94.3 Å². The summed E-state index contributed by atoms with van der Waals surface area (Å²) >= 11 is 0. The first-order chi connectivity index (χ1) is 11.6. The van der Waals surface area contributed by atoms with E-state index in [1.165, 1.54) is 38.5 Å². The topological polar surface area (TPSA) is 64.4 Å². The minimum atomic E-state index is -0.535. The van der Waals surface area contributed by atoms with Crippen molar-refractivity contribution in [1.29, 1.82) is 0 Å². The second kappa shape index (κ2) is 18.5. The van der Waals surface area contributed by atoms with Gasteiger partial charge in [0.1, 0.15) is 12.9 Å². The average Bonchev–Trinajstić information content (AvgIpc) is 3.07. The molecule has 0 aromatic carbocycles. The first-order valence-corrected chi connectivity index (χ1v) is 9.06. The Balaban J connectivity index is 0. The predicted octanol–water partition coefficient (Wildman–Crippen LogP) is 2.14. The summed E-state index contributed by atoms with van der Waals surface area (Å²) in [5.74, 6) is -0.964. The molecule has 0 aliphatic rings. The summed E-state index contributed by atoms with van der Waals surface area (Å²) in [6.07, 6.45) is 16.0. The van der Waals surface area contributed by atoms with Crippen LogP contribution in [-0.2, 0) is 14.3 Å². The van der Waals surface area contributed by atoms with Gasteiger partial charge in [0, 0.05) is 25.9 Å². The van der Waals surface area contributed by atoms with Crippen LogP contribution in [0.4, 0.5) is 0 Å². The molecule has 0 radical (unpaired) electrons. The summed E-state index contributed by atoms with van der Waals surface area (Å²) in [5.41, 5.74) is 0. The molecule has 0 spiro atoms. The average molecular weight is 385 g/mol. The third-order valence-electron chi connectivity index (χ3n) is 3.95. The molecule has 0 aliphatic carbocycles. The van der Waals surface area contributed by atoms with E-state index in [-0.39, 0.29) is 65.7 Å². The molecule has 26 heavy (non-hydrogen) atoms. The van der Waals surface area contributed by atoms with Crippen molar-refractivity contribution in [3.63, 3.8) is 0 Å². The van der Waals surface area contributed by atoms with Crippen LogP contribution < -0.4 is 5.01 Å². The van der Waals surface area contributed by atoms with Crippen LogP contribution in [0.25, 0.3) is 0 Å². The molecule has 0 aliphatic heterocycles. The Morgan fingerprint density at radius 2 is 1.54 bits per heavy atom. The van der Waals surface area contributed by atoms with Gasteiger partial charge in [-0.05, 0) is 6.42 Å². The van der Waals surface area contributed by atoms with Crippen molar-refractivity contribution in [1.82, 2.24) is 9.66 Å². The molecule has 0 fully saturated rings. The number of imidazole rings is 1. The number of hydrogen-bond acceptors (Lipinski definition) is 5. The van der Waals surface area contributed by atoms with Crippen molar-refractivity contribution in [2.45, 2.75) is 71.1 Å². The van der Waals surface area contributed by atoms with Gasteiger partial charge < -0.3 is 9.75 Å². The summed E-state index contributed by atoms with van der Waals surface area (Å²) in [7, 11) is 1.73. The van der Waals surface area contributed by atoms with Gasteiger partial charge in [0.15, 0.2) is 0 Å². The van der Waals surface area contributed by atoms with E-state index in [1.54, 1.807) is 35.5 Å². The zero-order chi connectivity index (χ0) is 17.6. The van der Waals surface area contributed by atoms with Crippen LogP contribution in [0.5, 0.6) is 0 Å². The molecule has 0 atom stereocenters. The monoisotopic (exact) mass is 385 g/mol. The zero-order valence-electron chi connectivity index (χ0n) is 15.1. The fourth-order valence-corrected chi connectivity index (χ4v) is 2.51. The quantitative estimate of drug-likeness (QED) is 0.225. The Labute approximate surface area is 202 Å². The SMILES string of the molecule is CCCCCCCCCCCC(=O)OC(=O)CN(C)n1ccnc1.[NaH].[NaH]. The number of unbranched alkanes of at least 4 members (excludes halogenated alkanes) is 8. The molecule has 0 N–H and O–H groups in total. The number of esters is 2. The summed E-state index contributed by atoms with van der Waals surface area (Å²) in [5, 5.41) is 1.63. The molecule has 0 saturated carbocycles. The number of rotatable bonds is 13. The number of carbonyl (C=O) groups is 2.